The quantitative estimate of drug-likeness (QED) is 0.147. The Morgan fingerprint density at radius 2 is 0.648 bits per heavy atom. The van der Waals surface area contributed by atoms with Crippen molar-refractivity contribution >= 4 is 60.7 Å². The van der Waals surface area contributed by atoms with Crippen LogP contribution in [0.4, 0.5) is 32.6 Å². The van der Waals surface area contributed by atoms with Crippen LogP contribution >= 0.6 is 60.7 Å². The van der Waals surface area contributed by atoms with Gasteiger partial charge in [-0.15, -0.1) is 0 Å². The smallest absolute Gasteiger partial charge is 0.286 e. The van der Waals surface area contributed by atoms with Gasteiger partial charge in [-0.05, 0) is 68.1 Å². The zero-order valence-corrected chi connectivity index (χ0v) is 33.4. The van der Waals surface area contributed by atoms with Crippen LogP contribution in [0.3, 0.4) is 0 Å². The minimum absolute atomic E-state index is 0.00963. The van der Waals surface area contributed by atoms with Crippen LogP contribution in [0.15, 0.2) is 0 Å². The fourth-order valence-corrected chi connectivity index (χ4v) is 17.3. The lowest BCUT2D eigenvalue weighted by atomic mass is 9.72. The van der Waals surface area contributed by atoms with Crippen LogP contribution in [0.25, 0.3) is 0 Å². The molecule has 0 amide bonds. The lowest BCUT2D eigenvalue weighted by Gasteiger charge is -2.46. The van der Waals surface area contributed by atoms with Crippen LogP contribution < -0.4 is 42.5 Å². The summed E-state index contributed by atoms with van der Waals surface area (Å²) in [6.45, 7) is 0. The van der Waals surface area contributed by atoms with Crippen molar-refractivity contribution in [3.63, 3.8) is 0 Å². The molecule has 0 aromatic rings. The molecule has 8 nitrogen and oxygen atoms in total. The molecule has 8 N–H and O–H groups in total. The van der Waals surface area contributed by atoms with E-state index in [2.05, 4.69) is 42.5 Å². The summed E-state index contributed by atoms with van der Waals surface area (Å²) in [6, 6.07) is 0. The maximum Gasteiger partial charge on any atom is 0.392 e. The van der Waals surface area contributed by atoms with Gasteiger partial charge in [-0.3, -0.25) is 42.5 Å². The number of rotatable bonds is 5. The van der Waals surface area contributed by atoms with E-state index in [1.165, 1.54) is 0 Å². The first-order valence-corrected chi connectivity index (χ1v) is 23.6. The van der Waals surface area contributed by atoms with Crippen molar-refractivity contribution in [2.45, 2.75) is 146 Å². The van der Waals surface area contributed by atoms with Gasteiger partial charge in [-0.1, -0.05) is 25.7 Å². The molecule has 4 saturated carbocycles. The first kappa shape index (κ1) is 40.3. The van der Waals surface area contributed by atoms with Crippen molar-refractivity contribution in [2.24, 2.45) is 53.3 Å². The van der Waals surface area contributed by atoms with Crippen LogP contribution in [0, 0.1) is 53.3 Å². The molecule has 0 aromatic heterocycles. The summed E-state index contributed by atoms with van der Waals surface area (Å²) in [6.07, 6.45) is 0.662. The van der Waals surface area contributed by atoms with E-state index in [4.69, 9.17) is 0 Å². The average Bonchev–Trinajstić information content (AvgIpc) is 3.91. The number of halogens is 8. The van der Waals surface area contributed by atoms with E-state index in [-0.39, 0.29) is 110 Å². The first-order chi connectivity index (χ1) is 26.2. The fourth-order valence-electron chi connectivity index (χ4n) is 12.9. The molecule has 5 aliphatic heterocycles. The van der Waals surface area contributed by atoms with Crippen molar-refractivity contribution in [2.75, 3.05) is 0 Å². The molecular weight excluding hydrogens is 821 g/mol. The van der Waals surface area contributed by atoms with Gasteiger partial charge >= 0.3 is 6.18 Å². The number of fused-ring (bicyclic) bond motifs is 20. The minimum Gasteiger partial charge on any atom is -0.286 e. The predicted molar refractivity (Wildman–Crippen MR) is 201 cm³/mol. The maximum absolute atomic E-state index is 15.2. The molecule has 0 radical (unpaired) electrons. The van der Waals surface area contributed by atoms with Crippen molar-refractivity contribution in [3.05, 3.63) is 0 Å². The molecule has 22 unspecified atom stereocenters. The molecule has 54 heavy (non-hydrogen) atoms. The number of nitrogens with one attached hydrogen (secondary N) is 8. The van der Waals surface area contributed by atoms with Gasteiger partial charge in [0.25, 0.3) is 0 Å². The molecule has 0 aromatic carbocycles. The first-order valence-electron chi connectivity index (χ1n) is 19.7. The van der Waals surface area contributed by atoms with E-state index in [9.17, 15) is 24.8 Å². The molecule has 308 valence electrons. The van der Waals surface area contributed by atoms with Crippen LogP contribution in [-0.2, 0) is 0 Å². The highest BCUT2D eigenvalue weighted by atomic mass is 32.2. The molecule has 22 atom stereocenters. The molecule has 9 aliphatic rings. The Morgan fingerprint density at radius 1 is 0.333 bits per heavy atom. The third kappa shape index (κ3) is 6.87. The van der Waals surface area contributed by atoms with Crippen molar-refractivity contribution in [1.82, 2.24) is 42.5 Å². The summed E-state index contributed by atoms with van der Waals surface area (Å²) in [5.74, 6) is -3.35. The lowest BCUT2D eigenvalue weighted by Crippen LogP contribution is -2.62. The molecule has 5 heterocycles. The molecule has 4 aliphatic carbocycles. The molecule has 9 rings (SSSR count). The Hall–Kier alpha value is 0.870. The number of hydrogen-bond acceptors (Lipinski definition) is 13. The second kappa shape index (κ2) is 16.4. The third-order valence-corrected chi connectivity index (χ3v) is 19.7. The van der Waals surface area contributed by atoms with Crippen LogP contribution in [0.1, 0.15) is 64.2 Å². The van der Waals surface area contributed by atoms with E-state index in [0.717, 1.165) is 51.4 Å². The Morgan fingerprint density at radius 3 is 1.00 bits per heavy atom. The largest absolute Gasteiger partial charge is 0.392 e. The molecule has 5 saturated heterocycles. The van der Waals surface area contributed by atoms with Crippen LogP contribution in [-0.4, -0.2) is 81.8 Å². The Kier molecular flexibility index (Phi) is 12.2. The van der Waals surface area contributed by atoms with E-state index < -0.39 is 80.8 Å². The summed E-state index contributed by atoms with van der Waals surface area (Å²) in [7, 11) is 0. The SMILES string of the molecule is FSC1C(SF)C(SF)C2C3NC4NC(NC5NC(NC6NC(NC(N3)C2C1SF)C1CCCCC61)C1CCCCC51)C1CCC(C(F)(F)F)C(SF)C41. The van der Waals surface area contributed by atoms with Crippen molar-refractivity contribution < 1.29 is 32.6 Å². The average molecular weight is 871 g/mol. The highest BCUT2D eigenvalue weighted by molar-refractivity contribution is 8.02. The normalized spacial score (nSPS) is 54.4. The number of alkyl halides is 3. The summed E-state index contributed by atoms with van der Waals surface area (Å²) < 4.78 is 118. The third-order valence-electron chi connectivity index (χ3n) is 15.1. The molecule has 21 heteroatoms. The van der Waals surface area contributed by atoms with Gasteiger partial charge in [-0.2, -0.15) is 32.6 Å². The second-order valence-corrected chi connectivity index (χ2v) is 20.9. The molecule has 0 spiro atoms. The maximum atomic E-state index is 15.2. The number of hydrogen-bond donors (Lipinski definition) is 8. The monoisotopic (exact) mass is 870 g/mol. The van der Waals surface area contributed by atoms with Gasteiger partial charge in [0.15, 0.2) is 0 Å². The minimum atomic E-state index is -4.61. The van der Waals surface area contributed by atoms with Crippen molar-refractivity contribution in [1.29, 1.82) is 0 Å². The molecular formula is C33H50F8N8S5. The Labute approximate surface area is 333 Å². The van der Waals surface area contributed by atoms with Gasteiger partial charge in [0, 0.05) is 54.2 Å². The highest BCUT2D eigenvalue weighted by Crippen LogP contribution is 2.57. The zero-order chi connectivity index (χ0) is 37.5. The zero-order valence-electron chi connectivity index (χ0n) is 29.3. The van der Waals surface area contributed by atoms with E-state index in [1.54, 1.807) is 0 Å². The van der Waals surface area contributed by atoms with Crippen molar-refractivity contribution in [3.8, 4) is 0 Å². The topological polar surface area (TPSA) is 96.2 Å². The van der Waals surface area contributed by atoms with Gasteiger partial charge in [0.2, 0.25) is 0 Å². The van der Waals surface area contributed by atoms with E-state index in [1.807, 2.05) is 0 Å². The fraction of sp³-hybridized carbons (Fsp3) is 1.00. The summed E-state index contributed by atoms with van der Waals surface area (Å²) in [4.78, 5) is 0. The van der Waals surface area contributed by atoms with E-state index >= 15 is 7.77 Å². The summed E-state index contributed by atoms with van der Waals surface area (Å²) in [5.41, 5.74) is 0. The summed E-state index contributed by atoms with van der Waals surface area (Å²) >= 11 is -0.700. The van der Waals surface area contributed by atoms with Gasteiger partial charge in [-0.25, -0.2) is 0 Å². The van der Waals surface area contributed by atoms with Crippen LogP contribution in [0.2, 0.25) is 0 Å². The standard InChI is InChI=1S/C33H50F8N8S5/c34-33(35,36)16-10-9-15-17(20(16)50-37)30-47-29(15)45-27-12-6-2-1-5-11(12)25(43-27)42-26-13-7-3-4-8-14(13)28(44-26)46-31-18-19(32(48-30)49-31)22(52-39)24(54-41)23(53-40)21(18)51-38/h11-32,42-49H,1-10H2. The molecule has 8 bridgehead atoms. The van der Waals surface area contributed by atoms with Gasteiger partial charge in [0.05, 0.1) is 106 Å². The van der Waals surface area contributed by atoms with Gasteiger partial charge in [0.1, 0.15) is 0 Å². The van der Waals surface area contributed by atoms with Crippen LogP contribution in [0.5, 0.6) is 0 Å². The predicted octanol–water partition coefficient (Wildman–Crippen LogP) is 6.38. The molecule has 9 fully saturated rings. The summed E-state index contributed by atoms with van der Waals surface area (Å²) in [5, 5.41) is 23.8. The Bertz CT molecular complexity index is 1320. The lowest BCUT2D eigenvalue weighted by molar-refractivity contribution is -0.186. The highest BCUT2D eigenvalue weighted by Gasteiger charge is 2.64. The Balaban J connectivity index is 1.12. The van der Waals surface area contributed by atoms with Gasteiger partial charge < -0.3 is 0 Å². The second-order valence-electron chi connectivity index (χ2n) is 17.3. The van der Waals surface area contributed by atoms with E-state index in [0.29, 0.717) is 17.8 Å².